The predicted molar refractivity (Wildman–Crippen MR) is 130 cm³/mol. The lowest BCUT2D eigenvalue weighted by Crippen LogP contribution is -2.32. The lowest BCUT2D eigenvalue weighted by atomic mass is 9.71. The number of aryl methyl sites for hydroxylation is 3. The van der Waals surface area contributed by atoms with Crippen LogP contribution in [0.1, 0.15) is 62.1 Å². The molecule has 0 atom stereocenters. The van der Waals surface area contributed by atoms with Gasteiger partial charge in [-0.2, -0.15) is 0 Å². The van der Waals surface area contributed by atoms with Crippen LogP contribution in [-0.2, 0) is 7.05 Å². The van der Waals surface area contributed by atoms with Crippen molar-refractivity contribution in [2.24, 2.45) is 12.5 Å². The second-order valence-electron chi connectivity index (χ2n) is 10.4. The summed E-state index contributed by atoms with van der Waals surface area (Å²) in [5.41, 5.74) is 7.07. The molecule has 31 heavy (non-hydrogen) atoms. The summed E-state index contributed by atoms with van der Waals surface area (Å²) in [5, 5.41) is 6.12. The van der Waals surface area contributed by atoms with Crippen molar-refractivity contribution in [3.8, 4) is 22.8 Å². The van der Waals surface area contributed by atoms with E-state index in [4.69, 9.17) is 4.74 Å². The highest BCUT2D eigenvalue weighted by atomic mass is 32.1. The molecule has 0 amide bonds. The van der Waals surface area contributed by atoms with Crippen LogP contribution in [0.3, 0.4) is 0 Å². The van der Waals surface area contributed by atoms with E-state index >= 15 is 0 Å². The molecule has 3 heteroatoms. The van der Waals surface area contributed by atoms with Gasteiger partial charge in [0.2, 0.25) is 5.69 Å². The molecule has 1 aliphatic heterocycles. The van der Waals surface area contributed by atoms with Gasteiger partial charge in [0.15, 0.2) is 6.20 Å². The zero-order valence-corrected chi connectivity index (χ0v) is 20.0. The van der Waals surface area contributed by atoms with Gasteiger partial charge in [-0.05, 0) is 90.3 Å². The quantitative estimate of drug-likeness (QED) is 0.247. The molecular weight excluding hydrogens is 398 g/mol. The lowest BCUT2D eigenvalue weighted by Gasteiger charge is -2.35. The van der Waals surface area contributed by atoms with Crippen LogP contribution < -0.4 is 9.30 Å². The van der Waals surface area contributed by atoms with Crippen LogP contribution in [0, 0.1) is 19.3 Å². The first-order chi connectivity index (χ1) is 14.8. The Morgan fingerprint density at radius 2 is 1.84 bits per heavy atom. The van der Waals surface area contributed by atoms with E-state index in [-0.39, 0.29) is 0 Å². The molecule has 1 saturated carbocycles. The number of pyridine rings is 1. The number of benzene rings is 2. The van der Waals surface area contributed by atoms with E-state index in [1.54, 1.807) is 0 Å². The molecular formula is C28H30NOS+. The van der Waals surface area contributed by atoms with Gasteiger partial charge >= 0.3 is 0 Å². The highest BCUT2D eigenvalue weighted by Crippen LogP contribution is 2.52. The Kier molecular flexibility index (Phi) is 4.08. The smallest absolute Gasteiger partial charge is 0.228 e. The maximum atomic E-state index is 6.76. The molecule has 0 radical (unpaired) electrons. The van der Waals surface area contributed by atoms with Crippen molar-refractivity contribution in [2.45, 2.75) is 59.3 Å². The molecule has 1 fully saturated rings. The van der Waals surface area contributed by atoms with E-state index in [0.29, 0.717) is 11.3 Å². The molecule has 2 nitrogen and oxygen atoms in total. The predicted octanol–water partition coefficient (Wildman–Crippen LogP) is 7.95. The second kappa shape index (κ2) is 6.56. The topological polar surface area (TPSA) is 13.1 Å². The van der Waals surface area contributed by atoms with E-state index < -0.39 is 0 Å². The first-order valence-corrected chi connectivity index (χ1v) is 12.4. The number of hydrogen-bond acceptors (Lipinski definition) is 2. The number of hydrogen-bond donors (Lipinski definition) is 0. The van der Waals surface area contributed by atoms with Crippen LogP contribution >= 0.6 is 11.3 Å². The van der Waals surface area contributed by atoms with E-state index in [1.165, 1.54) is 74.5 Å². The SMILES string of the molecule is Cc1c2c(c(C)c3sccc13)Oc1cc(C3CCC(C)(C)CC3)cc3cc[n+](C)c-2c13. The molecule has 0 N–H and O–H groups in total. The molecule has 0 unspecified atom stereocenters. The molecule has 2 aromatic carbocycles. The molecule has 0 saturated heterocycles. The van der Waals surface area contributed by atoms with E-state index in [1.807, 2.05) is 11.3 Å². The minimum atomic E-state index is 0.485. The van der Waals surface area contributed by atoms with Crippen LogP contribution in [0.15, 0.2) is 35.8 Å². The molecule has 3 heterocycles. The fraction of sp³-hybridized carbons (Fsp3) is 0.393. The van der Waals surface area contributed by atoms with Crippen LogP contribution in [-0.4, -0.2) is 0 Å². The average Bonchev–Trinajstić information content (AvgIpc) is 3.24. The highest BCUT2D eigenvalue weighted by molar-refractivity contribution is 7.17. The maximum absolute atomic E-state index is 6.76. The molecule has 0 bridgehead atoms. The summed E-state index contributed by atoms with van der Waals surface area (Å²) < 4.78 is 10.4. The van der Waals surface area contributed by atoms with Gasteiger partial charge in [0.05, 0.1) is 10.9 Å². The number of rotatable bonds is 1. The molecule has 2 aromatic heterocycles. The minimum Gasteiger partial charge on any atom is -0.455 e. The Bertz CT molecular complexity index is 1370. The van der Waals surface area contributed by atoms with Gasteiger partial charge in [-0.25, -0.2) is 4.57 Å². The highest BCUT2D eigenvalue weighted by Gasteiger charge is 2.34. The molecule has 2 aliphatic rings. The number of nitrogens with zero attached hydrogens (tertiary/aromatic N) is 1. The maximum Gasteiger partial charge on any atom is 0.228 e. The van der Waals surface area contributed by atoms with Gasteiger partial charge in [0, 0.05) is 16.3 Å². The first-order valence-electron chi connectivity index (χ1n) is 11.5. The number of fused-ring (bicyclic) bond motifs is 3. The van der Waals surface area contributed by atoms with Crippen LogP contribution in [0.5, 0.6) is 11.5 Å². The fourth-order valence-electron chi connectivity index (χ4n) is 5.85. The molecule has 4 aromatic rings. The average molecular weight is 429 g/mol. The van der Waals surface area contributed by atoms with Gasteiger partial charge < -0.3 is 4.74 Å². The van der Waals surface area contributed by atoms with Crippen molar-refractivity contribution >= 4 is 32.2 Å². The fourth-order valence-corrected chi connectivity index (χ4v) is 6.81. The van der Waals surface area contributed by atoms with Crippen molar-refractivity contribution in [1.29, 1.82) is 0 Å². The van der Waals surface area contributed by atoms with Crippen molar-refractivity contribution in [1.82, 2.24) is 0 Å². The molecule has 158 valence electrons. The molecule has 6 rings (SSSR count). The number of ether oxygens (including phenoxy) is 1. The third-order valence-electron chi connectivity index (χ3n) is 7.83. The summed E-state index contributed by atoms with van der Waals surface area (Å²) >= 11 is 1.82. The Hall–Kier alpha value is -2.39. The Morgan fingerprint density at radius 3 is 2.61 bits per heavy atom. The zero-order valence-electron chi connectivity index (χ0n) is 19.1. The zero-order chi connectivity index (χ0) is 21.5. The lowest BCUT2D eigenvalue weighted by molar-refractivity contribution is -0.659. The summed E-state index contributed by atoms with van der Waals surface area (Å²) in [7, 11) is 2.16. The van der Waals surface area contributed by atoms with Crippen molar-refractivity contribution in [3.63, 3.8) is 0 Å². The van der Waals surface area contributed by atoms with Gasteiger partial charge in [0.25, 0.3) is 0 Å². The van der Waals surface area contributed by atoms with Crippen LogP contribution in [0.25, 0.3) is 32.1 Å². The third kappa shape index (κ3) is 2.79. The first kappa shape index (κ1) is 19.3. The normalized spacial score (nSPS) is 17.7. The van der Waals surface area contributed by atoms with Gasteiger partial charge in [-0.1, -0.05) is 19.9 Å². The van der Waals surface area contributed by atoms with E-state index in [2.05, 4.69) is 75.2 Å². The van der Waals surface area contributed by atoms with Crippen LogP contribution in [0.2, 0.25) is 0 Å². The summed E-state index contributed by atoms with van der Waals surface area (Å²) in [6.45, 7) is 9.29. The van der Waals surface area contributed by atoms with Gasteiger partial charge in [0.1, 0.15) is 18.5 Å². The largest absolute Gasteiger partial charge is 0.455 e. The Balaban J connectivity index is 1.59. The van der Waals surface area contributed by atoms with Crippen molar-refractivity contribution in [3.05, 3.63) is 52.5 Å². The van der Waals surface area contributed by atoms with E-state index in [9.17, 15) is 0 Å². The molecule has 1 aliphatic carbocycles. The monoisotopic (exact) mass is 428 g/mol. The van der Waals surface area contributed by atoms with Gasteiger partial charge in [-0.3, -0.25) is 0 Å². The van der Waals surface area contributed by atoms with E-state index in [0.717, 1.165) is 11.5 Å². The standard InChI is InChI=1S/C28H30NOS/c1-16-21-9-13-31-27(21)17(2)26-23(16)25-24-19(8-12-29(25)5)14-20(15-22(24)30-26)18-6-10-28(3,4)11-7-18/h8-9,12-15,18H,6-7,10-11H2,1-5H3/q+1. The molecule has 0 spiro atoms. The summed E-state index contributed by atoms with van der Waals surface area (Å²) in [6, 6.07) is 9.31. The summed E-state index contributed by atoms with van der Waals surface area (Å²) in [5.74, 6) is 2.72. The van der Waals surface area contributed by atoms with Crippen molar-refractivity contribution in [2.75, 3.05) is 0 Å². The van der Waals surface area contributed by atoms with Gasteiger partial charge in [-0.15, -0.1) is 11.3 Å². The van der Waals surface area contributed by atoms with Crippen LogP contribution in [0.4, 0.5) is 0 Å². The Morgan fingerprint density at radius 1 is 1.06 bits per heavy atom. The number of thiophene rings is 1. The summed E-state index contributed by atoms with van der Waals surface area (Å²) in [6.07, 6.45) is 7.37. The van der Waals surface area contributed by atoms with Crippen molar-refractivity contribution < 1.29 is 9.30 Å². The third-order valence-corrected chi connectivity index (χ3v) is 8.87. The second-order valence-corrected chi connectivity index (χ2v) is 11.3. The number of aromatic nitrogens is 1. The summed E-state index contributed by atoms with van der Waals surface area (Å²) in [4.78, 5) is 0. The Labute approximate surface area is 188 Å². The minimum absolute atomic E-state index is 0.485.